The van der Waals surface area contributed by atoms with Crippen molar-refractivity contribution in [3.8, 4) is 0 Å². The Morgan fingerprint density at radius 1 is 1.50 bits per heavy atom. The SMILES string of the molecule is CCC1CN(C(=O)c2cc(Br)ccc2Br)CCS1. The summed E-state index contributed by atoms with van der Waals surface area (Å²) in [6.07, 6.45) is 1.12. The van der Waals surface area contributed by atoms with Gasteiger partial charge in [0.2, 0.25) is 0 Å². The third-order valence-electron chi connectivity index (χ3n) is 3.04. The predicted molar refractivity (Wildman–Crippen MR) is 84.3 cm³/mol. The van der Waals surface area contributed by atoms with Crippen LogP contribution in [0, 0.1) is 0 Å². The summed E-state index contributed by atoms with van der Waals surface area (Å²) in [6.45, 7) is 3.89. The molecule has 1 amide bonds. The number of carbonyl (C=O) groups excluding carboxylic acids is 1. The predicted octanol–water partition coefficient (Wildman–Crippen LogP) is 4.18. The Labute approximate surface area is 129 Å². The van der Waals surface area contributed by atoms with Crippen LogP contribution in [0.1, 0.15) is 23.7 Å². The van der Waals surface area contributed by atoms with Gasteiger partial charge in [0.25, 0.3) is 5.91 Å². The van der Waals surface area contributed by atoms with Gasteiger partial charge in [0.05, 0.1) is 5.56 Å². The van der Waals surface area contributed by atoms with Crippen LogP contribution in [0.4, 0.5) is 0 Å². The molecule has 0 spiro atoms. The van der Waals surface area contributed by atoms with Crippen LogP contribution in [0.3, 0.4) is 0 Å². The normalized spacial score (nSPS) is 19.9. The van der Waals surface area contributed by atoms with Gasteiger partial charge in [0.1, 0.15) is 0 Å². The van der Waals surface area contributed by atoms with Crippen LogP contribution in [0.5, 0.6) is 0 Å². The first-order chi connectivity index (χ1) is 8.61. The fourth-order valence-corrected chi connectivity index (χ4v) is 3.94. The minimum absolute atomic E-state index is 0.127. The van der Waals surface area contributed by atoms with Crippen LogP contribution in [-0.2, 0) is 0 Å². The zero-order valence-electron chi connectivity index (χ0n) is 10.2. The highest BCUT2D eigenvalue weighted by molar-refractivity contribution is 9.11. The Morgan fingerprint density at radius 3 is 3.00 bits per heavy atom. The molecule has 1 aromatic carbocycles. The fourth-order valence-electron chi connectivity index (χ4n) is 1.98. The lowest BCUT2D eigenvalue weighted by Crippen LogP contribution is -2.41. The van der Waals surface area contributed by atoms with Crippen molar-refractivity contribution in [2.24, 2.45) is 0 Å². The summed E-state index contributed by atoms with van der Waals surface area (Å²) in [4.78, 5) is 14.5. The molecule has 0 radical (unpaired) electrons. The summed E-state index contributed by atoms with van der Waals surface area (Å²) in [5.74, 6) is 1.16. The van der Waals surface area contributed by atoms with Gasteiger partial charge in [-0.15, -0.1) is 0 Å². The molecule has 1 heterocycles. The van der Waals surface area contributed by atoms with E-state index in [1.807, 2.05) is 34.9 Å². The number of hydrogen-bond acceptors (Lipinski definition) is 2. The maximum atomic E-state index is 12.5. The van der Waals surface area contributed by atoms with E-state index in [1.54, 1.807) is 0 Å². The minimum atomic E-state index is 0.127. The molecule has 0 bridgehead atoms. The van der Waals surface area contributed by atoms with Crippen LogP contribution >= 0.6 is 43.6 Å². The van der Waals surface area contributed by atoms with Crippen LogP contribution < -0.4 is 0 Å². The van der Waals surface area contributed by atoms with Gasteiger partial charge in [-0.3, -0.25) is 4.79 Å². The number of benzene rings is 1. The second-order valence-corrected chi connectivity index (χ2v) is 7.45. The Hall–Kier alpha value is -0.000000000000000111. The third-order valence-corrected chi connectivity index (χ3v) is 5.60. The number of carbonyl (C=O) groups is 1. The summed E-state index contributed by atoms with van der Waals surface area (Å²) in [5.41, 5.74) is 0.742. The average Bonchev–Trinajstić information content (AvgIpc) is 2.41. The maximum absolute atomic E-state index is 12.5. The molecule has 1 aliphatic rings. The summed E-state index contributed by atoms with van der Waals surface area (Å²) < 4.78 is 1.80. The number of hydrogen-bond donors (Lipinski definition) is 0. The molecular weight excluding hydrogens is 378 g/mol. The molecule has 0 N–H and O–H groups in total. The zero-order chi connectivity index (χ0) is 13.1. The van der Waals surface area contributed by atoms with E-state index in [2.05, 4.69) is 38.8 Å². The van der Waals surface area contributed by atoms with E-state index in [0.717, 1.165) is 39.8 Å². The molecule has 1 saturated heterocycles. The Morgan fingerprint density at radius 2 is 2.28 bits per heavy atom. The average molecular weight is 393 g/mol. The molecule has 0 saturated carbocycles. The topological polar surface area (TPSA) is 20.3 Å². The van der Waals surface area contributed by atoms with Crippen LogP contribution in [0.25, 0.3) is 0 Å². The Kier molecular flexibility index (Phi) is 5.15. The first-order valence-electron chi connectivity index (χ1n) is 5.97. The van der Waals surface area contributed by atoms with Crippen molar-refractivity contribution in [3.05, 3.63) is 32.7 Å². The molecule has 1 fully saturated rings. The van der Waals surface area contributed by atoms with Crippen LogP contribution in [0.2, 0.25) is 0 Å². The van der Waals surface area contributed by atoms with Crippen molar-refractivity contribution in [3.63, 3.8) is 0 Å². The largest absolute Gasteiger partial charge is 0.337 e. The van der Waals surface area contributed by atoms with Crippen LogP contribution in [0.15, 0.2) is 27.1 Å². The highest BCUT2D eigenvalue weighted by Gasteiger charge is 2.25. The minimum Gasteiger partial charge on any atom is -0.337 e. The van der Waals surface area contributed by atoms with Crippen LogP contribution in [-0.4, -0.2) is 34.9 Å². The van der Waals surface area contributed by atoms with E-state index in [4.69, 9.17) is 0 Å². The van der Waals surface area contributed by atoms with Gasteiger partial charge < -0.3 is 4.90 Å². The second-order valence-electron chi connectivity index (χ2n) is 4.28. The standard InChI is InChI=1S/C13H15Br2NOS/c1-2-10-8-16(5-6-18-10)13(17)11-7-9(14)3-4-12(11)15/h3-4,7,10H,2,5-6,8H2,1H3. The summed E-state index contributed by atoms with van der Waals surface area (Å²) in [5, 5.41) is 0.577. The maximum Gasteiger partial charge on any atom is 0.255 e. The van der Waals surface area contributed by atoms with Gasteiger partial charge in [-0.2, -0.15) is 11.8 Å². The van der Waals surface area contributed by atoms with Gasteiger partial charge in [0.15, 0.2) is 0 Å². The van der Waals surface area contributed by atoms with Gasteiger partial charge in [-0.1, -0.05) is 22.9 Å². The highest BCUT2D eigenvalue weighted by Crippen LogP contribution is 2.26. The second kappa shape index (κ2) is 6.44. The van der Waals surface area contributed by atoms with E-state index >= 15 is 0 Å². The molecule has 2 nitrogen and oxygen atoms in total. The van der Waals surface area contributed by atoms with Gasteiger partial charge >= 0.3 is 0 Å². The quantitative estimate of drug-likeness (QED) is 0.752. The van der Waals surface area contributed by atoms with Gasteiger partial charge in [-0.05, 0) is 40.5 Å². The van der Waals surface area contributed by atoms with E-state index in [9.17, 15) is 4.79 Å². The van der Waals surface area contributed by atoms with Crippen molar-refractivity contribution < 1.29 is 4.79 Å². The first-order valence-corrected chi connectivity index (χ1v) is 8.61. The third kappa shape index (κ3) is 3.31. The molecule has 5 heteroatoms. The zero-order valence-corrected chi connectivity index (χ0v) is 14.1. The lowest BCUT2D eigenvalue weighted by Gasteiger charge is -2.32. The van der Waals surface area contributed by atoms with Crippen molar-refractivity contribution in [1.82, 2.24) is 4.90 Å². The number of halogens is 2. The molecule has 0 aliphatic carbocycles. The molecule has 1 unspecified atom stereocenters. The molecular formula is C13H15Br2NOS. The van der Waals surface area contributed by atoms with Crippen molar-refractivity contribution in [2.75, 3.05) is 18.8 Å². The van der Waals surface area contributed by atoms with E-state index in [-0.39, 0.29) is 5.91 Å². The fraction of sp³-hybridized carbons (Fsp3) is 0.462. The summed E-state index contributed by atoms with van der Waals surface area (Å²) in [7, 11) is 0. The van der Waals surface area contributed by atoms with Crippen molar-refractivity contribution >= 4 is 49.5 Å². The molecule has 98 valence electrons. The number of amides is 1. The molecule has 2 rings (SSSR count). The number of nitrogens with zero attached hydrogens (tertiary/aromatic N) is 1. The molecule has 1 atom stereocenters. The molecule has 1 aromatic rings. The van der Waals surface area contributed by atoms with Gasteiger partial charge in [0, 0.05) is 33.0 Å². The first kappa shape index (κ1) is 14.4. The lowest BCUT2D eigenvalue weighted by molar-refractivity contribution is 0.0760. The van der Waals surface area contributed by atoms with Crippen molar-refractivity contribution in [2.45, 2.75) is 18.6 Å². The van der Waals surface area contributed by atoms with Crippen molar-refractivity contribution in [1.29, 1.82) is 0 Å². The molecule has 1 aliphatic heterocycles. The van der Waals surface area contributed by atoms with E-state index in [0.29, 0.717) is 5.25 Å². The number of thioether (sulfide) groups is 1. The molecule has 18 heavy (non-hydrogen) atoms. The Balaban J connectivity index is 2.17. The summed E-state index contributed by atoms with van der Waals surface area (Å²) in [6, 6.07) is 5.73. The highest BCUT2D eigenvalue weighted by atomic mass is 79.9. The lowest BCUT2D eigenvalue weighted by atomic mass is 10.2. The number of rotatable bonds is 2. The summed E-state index contributed by atoms with van der Waals surface area (Å²) >= 11 is 8.85. The smallest absolute Gasteiger partial charge is 0.255 e. The van der Waals surface area contributed by atoms with E-state index < -0.39 is 0 Å². The molecule has 0 aromatic heterocycles. The Bertz CT molecular complexity index is 453. The van der Waals surface area contributed by atoms with E-state index in [1.165, 1.54) is 0 Å². The van der Waals surface area contributed by atoms with Gasteiger partial charge in [-0.25, -0.2) is 0 Å². The monoisotopic (exact) mass is 391 g/mol.